The molecule has 0 N–H and O–H groups in total. The Balaban J connectivity index is 2.05. The number of non-ortho nitro benzene ring substituents is 1. The number of carbonyl (C=O) groups is 1. The van der Waals surface area contributed by atoms with Crippen LogP contribution in [-0.4, -0.2) is 47.7 Å². The molecule has 1 aromatic rings. The first kappa shape index (κ1) is 18.0. The Morgan fingerprint density at radius 1 is 1.46 bits per heavy atom. The third kappa shape index (κ3) is 4.12. The normalized spacial score (nSPS) is 17.7. The molecule has 24 heavy (non-hydrogen) atoms. The van der Waals surface area contributed by atoms with Gasteiger partial charge in [-0.2, -0.15) is 0 Å². The second-order valence-corrected chi connectivity index (χ2v) is 6.87. The molecule has 1 atom stereocenters. The maximum Gasteiger partial charge on any atom is 0.410 e. The van der Waals surface area contributed by atoms with Crippen molar-refractivity contribution in [1.82, 2.24) is 4.90 Å². The standard InChI is InChI=1S/C16H22FN3O4/c1-16(2,3)24-15(21)19-8-7-12(10-19)18(4)14-6-5-11(20(22)23)9-13(14)17/h5-6,9,12H,7-8,10H2,1-4H3. The van der Waals surface area contributed by atoms with Gasteiger partial charge in [-0.25, -0.2) is 9.18 Å². The van der Waals surface area contributed by atoms with Crippen molar-refractivity contribution >= 4 is 17.5 Å². The van der Waals surface area contributed by atoms with Crippen LogP contribution in [0.5, 0.6) is 0 Å². The molecular formula is C16H22FN3O4. The highest BCUT2D eigenvalue weighted by Gasteiger charge is 2.32. The van der Waals surface area contributed by atoms with E-state index in [1.54, 1.807) is 37.6 Å². The van der Waals surface area contributed by atoms with E-state index >= 15 is 0 Å². The molecule has 1 aromatic carbocycles. The lowest BCUT2D eigenvalue weighted by molar-refractivity contribution is -0.385. The second kappa shape index (κ2) is 6.62. The number of nitro groups is 1. The molecule has 2 rings (SSSR count). The first-order valence-corrected chi connectivity index (χ1v) is 7.73. The van der Waals surface area contributed by atoms with Crippen molar-refractivity contribution in [3.8, 4) is 0 Å². The average Bonchev–Trinajstić information content (AvgIpc) is 2.94. The van der Waals surface area contributed by atoms with Gasteiger partial charge in [-0.05, 0) is 33.3 Å². The van der Waals surface area contributed by atoms with Crippen LogP contribution < -0.4 is 4.90 Å². The van der Waals surface area contributed by atoms with Crippen LogP contribution in [0, 0.1) is 15.9 Å². The van der Waals surface area contributed by atoms with Gasteiger partial charge in [-0.3, -0.25) is 10.1 Å². The van der Waals surface area contributed by atoms with Crippen molar-refractivity contribution in [3.05, 3.63) is 34.1 Å². The van der Waals surface area contributed by atoms with Gasteiger partial charge in [0, 0.05) is 32.2 Å². The van der Waals surface area contributed by atoms with Crippen molar-refractivity contribution in [2.45, 2.75) is 38.8 Å². The Morgan fingerprint density at radius 3 is 2.67 bits per heavy atom. The number of rotatable bonds is 3. The number of carbonyl (C=O) groups excluding carboxylic acids is 1. The van der Waals surface area contributed by atoms with Crippen LogP contribution in [0.15, 0.2) is 18.2 Å². The van der Waals surface area contributed by atoms with Crippen LogP contribution in [0.4, 0.5) is 20.6 Å². The summed E-state index contributed by atoms with van der Waals surface area (Å²) in [5.74, 6) is -0.651. The highest BCUT2D eigenvalue weighted by Crippen LogP contribution is 2.27. The number of ether oxygens (including phenoxy) is 1. The van der Waals surface area contributed by atoms with Crippen LogP contribution in [-0.2, 0) is 4.74 Å². The van der Waals surface area contributed by atoms with E-state index in [2.05, 4.69) is 0 Å². The smallest absolute Gasteiger partial charge is 0.410 e. The Labute approximate surface area is 140 Å². The van der Waals surface area contributed by atoms with Crippen molar-refractivity contribution < 1.29 is 18.8 Å². The molecule has 0 aliphatic carbocycles. The quantitative estimate of drug-likeness (QED) is 0.624. The zero-order valence-electron chi connectivity index (χ0n) is 14.3. The Kier molecular flexibility index (Phi) is 4.96. The largest absolute Gasteiger partial charge is 0.444 e. The SMILES string of the molecule is CN(c1ccc([N+](=O)[O-])cc1F)C1CCN(C(=O)OC(C)(C)C)C1. The number of likely N-dealkylation sites (tertiary alicyclic amines) is 1. The molecule has 1 fully saturated rings. The molecule has 1 heterocycles. The first-order chi connectivity index (χ1) is 11.1. The average molecular weight is 339 g/mol. The molecule has 0 radical (unpaired) electrons. The topological polar surface area (TPSA) is 75.9 Å². The predicted molar refractivity (Wildman–Crippen MR) is 87.7 cm³/mol. The number of halogens is 1. The Hall–Kier alpha value is -2.38. The van der Waals surface area contributed by atoms with Gasteiger partial charge >= 0.3 is 6.09 Å². The van der Waals surface area contributed by atoms with E-state index in [4.69, 9.17) is 4.74 Å². The minimum absolute atomic E-state index is 0.0755. The van der Waals surface area contributed by atoms with Crippen LogP contribution in [0.2, 0.25) is 0 Å². The highest BCUT2D eigenvalue weighted by molar-refractivity contribution is 5.69. The number of hydrogen-bond acceptors (Lipinski definition) is 5. The van der Waals surface area contributed by atoms with Gasteiger partial charge in [0.15, 0.2) is 5.82 Å². The van der Waals surface area contributed by atoms with E-state index < -0.39 is 16.3 Å². The van der Waals surface area contributed by atoms with Crippen molar-refractivity contribution in [2.75, 3.05) is 25.0 Å². The minimum Gasteiger partial charge on any atom is -0.444 e. The molecule has 132 valence electrons. The lowest BCUT2D eigenvalue weighted by Crippen LogP contribution is -2.39. The van der Waals surface area contributed by atoms with Gasteiger partial charge in [-0.15, -0.1) is 0 Å². The van der Waals surface area contributed by atoms with Crippen LogP contribution in [0.3, 0.4) is 0 Å². The molecule has 8 heteroatoms. The number of hydrogen-bond donors (Lipinski definition) is 0. The van der Waals surface area contributed by atoms with E-state index in [1.807, 2.05) is 0 Å². The third-order valence-corrected chi connectivity index (χ3v) is 3.88. The summed E-state index contributed by atoms with van der Waals surface area (Å²) < 4.78 is 19.5. The molecule has 0 spiro atoms. The first-order valence-electron chi connectivity index (χ1n) is 7.73. The van der Waals surface area contributed by atoms with Gasteiger partial charge in [0.2, 0.25) is 0 Å². The number of nitrogens with zero attached hydrogens (tertiary/aromatic N) is 3. The fourth-order valence-electron chi connectivity index (χ4n) is 2.64. The van der Waals surface area contributed by atoms with E-state index in [-0.39, 0.29) is 23.5 Å². The number of benzene rings is 1. The molecular weight excluding hydrogens is 317 g/mol. The molecule has 1 unspecified atom stereocenters. The summed E-state index contributed by atoms with van der Waals surface area (Å²) in [5.41, 5.74) is -0.575. The third-order valence-electron chi connectivity index (χ3n) is 3.88. The zero-order chi connectivity index (χ0) is 18.1. The minimum atomic E-state index is -0.651. The zero-order valence-corrected chi connectivity index (χ0v) is 14.3. The summed E-state index contributed by atoms with van der Waals surface area (Å²) in [6.45, 7) is 6.35. The van der Waals surface area contributed by atoms with Crippen LogP contribution in [0.25, 0.3) is 0 Å². The summed E-state index contributed by atoms with van der Waals surface area (Å²) in [6.07, 6.45) is 0.286. The van der Waals surface area contributed by atoms with Gasteiger partial charge in [-0.1, -0.05) is 0 Å². The van der Waals surface area contributed by atoms with Gasteiger partial charge < -0.3 is 14.5 Å². The van der Waals surface area contributed by atoms with Crippen LogP contribution in [0.1, 0.15) is 27.2 Å². The second-order valence-electron chi connectivity index (χ2n) is 6.87. The Bertz CT molecular complexity index is 645. The maximum atomic E-state index is 14.1. The van der Waals surface area contributed by atoms with E-state index in [1.165, 1.54) is 12.1 Å². The number of likely N-dealkylation sites (N-methyl/N-ethyl adjacent to an activating group) is 1. The fraction of sp³-hybridized carbons (Fsp3) is 0.562. The van der Waals surface area contributed by atoms with Crippen molar-refractivity contribution in [3.63, 3.8) is 0 Å². The molecule has 0 saturated carbocycles. The molecule has 1 saturated heterocycles. The van der Waals surface area contributed by atoms with Gasteiger partial charge in [0.05, 0.1) is 16.7 Å². The number of nitro benzene ring substituents is 1. The molecule has 1 amide bonds. The monoisotopic (exact) mass is 339 g/mol. The molecule has 0 bridgehead atoms. The summed E-state index contributed by atoms with van der Waals surface area (Å²) in [7, 11) is 1.72. The maximum absolute atomic E-state index is 14.1. The summed E-state index contributed by atoms with van der Waals surface area (Å²) in [6, 6.07) is 3.50. The summed E-state index contributed by atoms with van der Waals surface area (Å²) >= 11 is 0. The van der Waals surface area contributed by atoms with E-state index in [0.717, 1.165) is 6.07 Å². The highest BCUT2D eigenvalue weighted by atomic mass is 19.1. The summed E-state index contributed by atoms with van der Waals surface area (Å²) in [4.78, 5) is 25.5. The van der Waals surface area contributed by atoms with Gasteiger partial charge in [0.1, 0.15) is 5.60 Å². The van der Waals surface area contributed by atoms with Crippen LogP contribution >= 0.6 is 0 Å². The summed E-state index contributed by atoms with van der Waals surface area (Å²) in [5, 5.41) is 10.7. The molecule has 7 nitrogen and oxygen atoms in total. The molecule has 1 aliphatic rings. The van der Waals surface area contributed by atoms with Gasteiger partial charge in [0.25, 0.3) is 5.69 Å². The number of anilines is 1. The Morgan fingerprint density at radius 2 is 2.12 bits per heavy atom. The van der Waals surface area contributed by atoms with Crippen molar-refractivity contribution in [1.29, 1.82) is 0 Å². The van der Waals surface area contributed by atoms with E-state index in [9.17, 15) is 19.3 Å². The lowest BCUT2D eigenvalue weighted by atomic mass is 10.2. The van der Waals surface area contributed by atoms with Crippen molar-refractivity contribution in [2.24, 2.45) is 0 Å². The molecule has 0 aromatic heterocycles. The molecule has 1 aliphatic heterocycles. The van der Waals surface area contributed by atoms with E-state index in [0.29, 0.717) is 19.5 Å². The fourth-order valence-corrected chi connectivity index (χ4v) is 2.64. The number of amides is 1. The predicted octanol–water partition coefficient (Wildman–Crippen LogP) is 3.18. The lowest BCUT2D eigenvalue weighted by Gasteiger charge is -2.28.